The molecule has 1 aliphatic rings. The van der Waals surface area contributed by atoms with Crippen molar-refractivity contribution in [2.24, 2.45) is 7.05 Å². The first-order chi connectivity index (χ1) is 13.2. The van der Waals surface area contributed by atoms with E-state index in [1.165, 1.54) is 10.5 Å². The van der Waals surface area contributed by atoms with Gasteiger partial charge in [-0.3, -0.25) is 14.4 Å². The zero-order valence-electron chi connectivity index (χ0n) is 16.9. The molecule has 0 spiro atoms. The summed E-state index contributed by atoms with van der Waals surface area (Å²) in [4.78, 5) is 25.7. The highest BCUT2D eigenvalue weighted by Gasteiger charge is 2.33. The van der Waals surface area contributed by atoms with Crippen LogP contribution in [-0.4, -0.2) is 41.0 Å². The molecule has 7 nitrogen and oxygen atoms in total. The van der Waals surface area contributed by atoms with Gasteiger partial charge in [0.25, 0.3) is 0 Å². The van der Waals surface area contributed by atoms with Crippen molar-refractivity contribution < 1.29 is 14.3 Å². The second kappa shape index (κ2) is 8.04. The zero-order valence-corrected chi connectivity index (χ0v) is 16.9. The Morgan fingerprint density at radius 3 is 2.57 bits per heavy atom. The monoisotopic (exact) mass is 384 g/mol. The first-order valence-corrected chi connectivity index (χ1v) is 9.56. The number of nitrogens with zero attached hydrogens (tertiary/aromatic N) is 3. The molecule has 1 atom stereocenters. The molecule has 1 saturated heterocycles. The van der Waals surface area contributed by atoms with Crippen LogP contribution in [0.15, 0.2) is 36.5 Å². The Balaban J connectivity index is 1.44. The Morgan fingerprint density at radius 2 is 1.96 bits per heavy atom. The van der Waals surface area contributed by atoms with Gasteiger partial charge in [-0.1, -0.05) is 45.0 Å². The molecule has 1 aromatic carbocycles. The third kappa shape index (κ3) is 4.71. The van der Waals surface area contributed by atoms with Crippen LogP contribution in [0.5, 0.6) is 0 Å². The van der Waals surface area contributed by atoms with Crippen molar-refractivity contribution in [3.05, 3.63) is 47.7 Å². The van der Waals surface area contributed by atoms with Gasteiger partial charge in [-0.15, -0.1) is 0 Å². The van der Waals surface area contributed by atoms with Gasteiger partial charge in [0, 0.05) is 19.5 Å². The van der Waals surface area contributed by atoms with Crippen molar-refractivity contribution in [2.45, 2.75) is 45.1 Å². The van der Waals surface area contributed by atoms with Crippen molar-refractivity contribution in [3.8, 4) is 0 Å². The third-order valence-electron chi connectivity index (χ3n) is 4.93. The summed E-state index contributed by atoms with van der Waals surface area (Å²) in [5.41, 5.74) is 2.54. The van der Waals surface area contributed by atoms with E-state index in [0.717, 1.165) is 5.56 Å². The number of rotatable bonds is 6. The average molecular weight is 384 g/mol. The van der Waals surface area contributed by atoms with E-state index in [4.69, 9.17) is 4.74 Å². The van der Waals surface area contributed by atoms with Crippen LogP contribution in [0.1, 0.15) is 38.3 Å². The molecule has 150 valence electrons. The molecular formula is C21H28N4O3. The van der Waals surface area contributed by atoms with E-state index in [2.05, 4.69) is 55.5 Å². The number of carbonyl (C=O) groups is 2. The summed E-state index contributed by atoms with van der Waals surface area (Å²) in [6.45, 7) is 7.25. The molecule has 0 radical (unpaired) electrons. The van der Waals surface area contributed by atoms with Crippen molar-refractivity contribution in [1.29, 1.82) is 0 Å². The first-order valence-electron chi connectivity index (χ1n) is 9.56. The van der Waals surface area contributed by atoms with Crippen molar-refractivity contribution in [3.63, 3.8) is 0 Å². The number of carbonyl (C=O) groups excluding carboxylic acids is 2. The van der Waals surface area contributed by atoms with Crippen LogP contribution in [0.25, 0.3) is 0 Å². The Hall–Kier alpha value is -2.83. The predicted octanol–water partition coefficient (Wildman–Crippen LogP) is 2.79. The molecule has 0 saturated carbocycles. The molecule has 0 aliphatic carbocycles. The summed E-state index contributed by atoms with van der Waals surface area (Å²) in [7, 11) is 1.77. The Bertz CT molecular complexity index is 836. The van der Waals surface area contributed by atoms with Gasteiger partial charge in [-0.05, 0) is 23.0 Å². The molecule has 7 heteroatoms. The van der Waals surface area contributed by atoms with Gasteiger partial charge < -0.3 is 10.1 Å². The van der Waals surface area contributed by atoms with E-state index in [9.17, 15) is 9.59 Å². The van der Waals surface area contributed by atoms with E-state index in [1.807, 2.05) is 0 Å². The number of benzene rings is 1. The van der Waals surface area contributed by atoms with Crippen LogP contribution in [-0.2, 0) is 28.4 Å². The van der Waals surface area contributed by atoms with Gasteiger partial charge in [0.1, 0.15) is 11.9 Å². The molecule has 28 heavy (non-hydrogen) atoms. The van der Waals surface area contributed by atoms with Crippen molar-refractivity contribution in [2.75, 3.05) is 18.0 Å². The number of cyclic esters (lactones) is 1. The molecule has 2 aromatic rings. The maximum absolute atomic E-state index is 12.2. The molecule has 3 rings (SSSR count). The number of hydrogen-bond acceptors (Lipinski definition) is 4. The van der Waals surface area contributed by atoms with E-state index < -0.39 is 6.09 Å². The number of aryl methyl sites for hydroxylation is 2. The highest BCUT2D eigenvalue weighted by atomic mass is 16.6. The summed E-state index contributed by atoms with van der Waals surface area (Å²) in [6, 6.07) is 10.2. The fourth-order valence-corrected chi connectivity index (χ4v) is 3.19. The standard InChI is InChI=1S/C21H28N4O3/c1-21(2,3)16-8-5-15(6-9-16)7-10-18(26)22-13-17-14-25(20(27)28-17)19-11-12-23-24(19)4/h5-6,8-9,11-12,17H,7,10,13-14H2,1-4H3,(H,22,26). The SMILES string of the molecule is Cn1nccc1N1CC(CNC(=O)CCc2ccc(C(C)(C)C)cc2)OC1=O. The van der Waals surface area contributed by atoms with Crippen LogP contribution < -0.4 is 10.2 Å². The summed E-state index contributed by atoms with van der Waals surface area (Å²) in [6.07, 6.45) is 1.94. The third-order valence-corrected chi connectivity index (χ3v) is 4.93. The minimum atomic E-state index is -0.415. The second-order valence-electron chi connectivity index (χ2n) is 8.18. The van der Waals surface area contributed by atoms with E-state index in [1.54, 1.807) is 24.0 Å². The highest BCUT2D eigenvalue weighted by molar-refractivity contribution is 5.88. The molecule has 1 N–H and O–H groups in total. The van der Waals surface area contributed by atoms with Crippen LogP contribution in [0, 0.1) is 0 Å². The smallest absolute Gasteiger partial charge is 0.416 e. The fraction of sp³-hybridized carbons (Fsp3) is 0.476. The largest absolute Gasteiger partial charge is 0.442 e. The zero-order chi connectivity index (χ0) is 20.3. The second-order valence-corrected chi connectivity index (χ2v) is 8.18. The van der Waals surface area contributed by atoms with Crippen LogP contribution >= 0.6 is 0 Å². The summed E-state index contributed by atoms with van der Waals surface area (Å²) >= 11 is 0. The molecule has 1 fully saturated rings. The normalized spacial score (nSPS) is 16.9. The Labute approximate surface area is 165 Å². The minimum absolute atomic E-state index is 0.0464. The molecule has 0 bridgehead atoms. The molecule has 2 heterocycles. The van der Waals surface area contributed by atoms with E-state index >= 15 is 0 Å². The number of anilines is 1. The molecule has 2 amide bonds. The lowest BCUT2D eigenvalue weighted by Gasteiger charge is -2.19. The Kier molecular flexibility index (Phi) is 5.72. The van der Waals surface area contributed by atoms with E-state index in [0.29, 0.717) is 31.7 Å². The minimum Gasteiger partial charge on any atom is -0.442 e. The average Bonchev–Trinajstić information content (AvgIpc) is 3.22. The summed E-state index contributed by atoms with van der Waals surface area (Å²) in [5.74, 6) is 0.632. The number of amides is 2. The molecule has 1 aliphatic heterocycles. The van der Waals surface area contributed by atoms with Gasteiger partial charge in [-0.25, -0.2) is 4.79 Å². The number of ether oxygens (including phenoxy) is 1. The van der Waals surface area contributed by atoms with Crippen LogP contribution in [0.2, 0.25) is 0 Å². The quantitative estimate of drug-likeness (QED) is 0.831. The lowest BCUT2D eigenvalue weighted by Crippen LogP contribution is -2.35. The van der Waals surface area contributed by atoms with Gasteiger partial charge in [0.2, 0.25) is 5.91 Å². The van der Waals surface area contributed by atoms with Crippen molar-refractivity contribution in [1.82, 2.24) is 15.1 Å². The fourth-order valence-electron chi connectivity index (χ4n) is 3.19. The van der Waals surface area contributed by atoms with Gasteiger partial charge in [-0.2, -0.15) is 5.10 Å². The van der Waals surface area contributed by atoms with Crippen LogP contribution in [0.3, 0.4) is 0 Å². The van der Waals surface area contributed by atoms with Gasteiger partial charge in [0.05, 0.1) is 19.3 Å². The molecular weight excluding hydrogens is 356 g/mol. The molecule has 1 unspecified atom stereocenters. The number of hydrogen-bond donors (Lipinski definition) is 1. The first kappa shape index (κ1) is 19.9. The van der Waals surface area contributed by atoms with Crippen molar-refractivity contribution >= 4 is 17.8 Å². The summed E-state index contributed by atoms with van der Waals surface area (Å²) < 4.78 is 6.96. The highest BCUT2D eigenvalue weighted by Crippen LogP contribution is 2.22. The van der Waals surface area contributed by atoms with E-state index in [-0.39, 0.29) is 17.4 Å². The topological polar surface area (TPSA) is 76.5 Å². The lowest BCUT2D eigenvalue weighted by molar-refractivity contribution is -0.121. The number of nitrogens with one attached hydrogen (secondary N) is 1. The summed E-state index contributed by atoms with van der Waals surface area (Å²) in [5, 5.41) is 6.93. The van der Waals surface area contributed by atoms with Crippen LogP contribution in [0.4, 0.5) is 10.6 Å². The number of aromatic nitrogens is 2. The lowest BCUT2D eigenvalue weighted by atomic mass is 9.86. The maximum Gasteiger partial charge on any atom is 0.416 e. The Morgan fingerprint density at radius 1 is 1.25 bits per heavy atom. The van der Waals surface area contributed by atoms with Gasteiger partial charge >= 0.3 is 6.09 Å². The molecule has 1 aromatic heterocycles. The predicted molar refractivity (Wildman–Crippen MR) is 107 cm³/mol. The maximum atomic E-state index is 12.2. The van der Waals surface area contributed by atoms with Gasteiger partial charge in [0.15, 0.2) is 0 Å².